The van der Waals surface area contributed by atoms with Crippen LogP contribution < -0.4 is 10.2 Å². The first-order valence-electron chi connectivity index (χ1n) is 5.31. The van der Waals surface area contributed by atoms with Crippen molar-refractivity contribution in [1.29, 1.82) is 0 Å². The number of carbonyl (C=O) groups excluding carboxylic acids is 1. The minimum atomic E-state index is -0.0141. The fraction of sp³-hybridized carbons (Fsp3) is 0.417. The molecule has 1 heterocycles. The number of fused-ring (bicyclic) bond motifs is 1. The van der Waals surface area contributed by atoms with E-state index in [0.717, 1.165) is 25.1 Å². The molecule has 3 heteroatoms. The van der Waals surface area contributed by atoms with E-state index in [1.165, 1.54) is 11.1 Å². The number of aryl methyl sites for hydroxylation is 2. The van der Waals surface area contributed by atoms with E-state index in [0.29, 0.717) is 0 Å². The Labute approximate surface area is 90.1 Å². The normalized spacial score (nSPS) is 14.7. The summed E-state index contributed by atoms with van der Waals surface area (Å²) in [5.41, 5.74) is 3.60. The Morgan fingerprint density at radius 3 is 3.00 bits per heavy atom. The molecule has 0 saturated heterocycles. The molecule has 1 N–H and O–H groups in total. The average Bonchev–Trinajstić information content (AvgIpc) is 2.26. The van der Waals surface area contributed by atoms with Gasteiger partial charge in [-0.3, -0.25) is 4.90 Å². The number of benzene rings is 1. The summed E-state index contributed by atoms with van der Waals surface area (Å²) in [5, 5.41) is 2.68. The lowest BCUT2D eigenvalue weighted by Gasteiger charge is -2.29. The summed E-state index contributed by atoms with van der Waals surface area (Å²) in [6, 6.07) is 6.25. The fourth-order valence-electron chi connectivity index (χ4n) is 2.07. The van der Waals surface area contributed by atoms with E-state index in [1.54, 1.807) is 7.05 Å². The second kappa shape index (κ2) is 3.93. The Hall–Kier alpha value is -1.51. The molecule has 0 atom stereocenters. The molecule has 0 spiro atoms. The zero-order chi connectivity index (χ0) is 10.8. The standard InChI is InChI=1S/C12H16N2O/c1-9-5-6-11-10(8-9)4-3-7-14(11)12(15)13-2/h5-6,8H,3-4,7H2,1-2H3,(H,13,15). The maximum atomic E-state index is 11.6. The summed E-state index contributed by atoms with van der Waals surface area (Å²) in [6.07, 6.45) is 2.12. The maximum Gasteiger partial charge on any atom is 0.321 e. The number of rotatable bonds is 0. The average molecular weight is 204 g/mol. The Morgan fingerprint density at radius 2 is 2.27 bits per heavy atom. The van der Waals surface area contributed by atoms with Gasteiger partial charge >= 0.3 is 6.03 Å². The quantitative estimate of drug-likeness (QED) is 0.689. The third kappa shape index (κ3) is 1.82. The monoisotopic (exact) mass is 204 g/mol. The van der Waals surface area contributed by atoms with E-state index in [-0.39, 0.29) is 6.03 Å². The van der Waals surface area contributed by atoms with Gasteiger partial charge in [-0.15, -0.1) is 0 Å². The van der Waals surface area contributed by atoms with Crippen molar-refractivity contribution in [3.05, 3.63) is 29.3 Å². The number of urea groups is 1. The van der Waals surface area contributed by atoms with Crippen LogP contribution in [-0.4, -0.2) is 19.6 Å². The molecule has 1 aromatic rings. The van der Waals surface area contributed by atoms with E-state index >= 15 is 0 Å². The van der Waals surface area contributed by atoms with E-state index in [1.807, 2.05) is 11.0 Å². The fourth-order valence-corrected chi connectivity index (χ4v) is 2.07. The van der Waals surface area contributed by atoms with Gasteiger partial charge in [0.1, 0.15) is 0 Å². The highest BCUT2D eigenvalue weighted by atomic mass is 16.2. The molecular formula is C12H16N2O. The second-order valence-corrected chi connectivity index (χ2v) is 3.94. The molecule has 0 bridgehead atoms. The van der Waals surface area contributed by atoms with E-state index in [2.05, 4.69) is 24.4 Å². The Morgan fingerprint density at radius 1 is 1.47 bits per heavy atom. The number of hydrogen-bond donors (Lipinski definition) is 1. The summed E-state index contributed by atoms with van der Waals surface area (Å²) < 4.78 is 0. The van der Waals surface area contributed by atoms with Gasteiger partial charge in [0.05, 0.1) is 0 Å². The van der Waals surface area contributed by atoms with Crippen molar-refractivity contribution >= 4 is 11.7 Å². The van der Waals surface area contributed by atoms with Crippen LogP contribution in [0.1, 0.15) is 17.5 Å². The highest BCUT2D eigenvalue weighted by molar-refractivity contribution is 5.93. The Bertz CT molecular complexity index is 387. The summed E-state index contributed by atoms with van der Waals surface area (Å²) in [4.78, 5) is 13.4. The lowest BCUT2D eigenvalue weighted by Crippen LogP contribution is -2.41. The van der Waals surface area contributed by atoms with Gasteiger partial charge < -0.3 is 5.32 Å². The predicted octanol–water partition coefficient (Wildman–Crippen LogP) is 2.09. The molecule has 0 saturated carbocycles. The first-order valence-corrected chi connectivity index (χ1v) is 5.31. The van der Waals surface area contributed by atoms with Crippen LogP contribution in [0.25, 0.3) is 0 Å². The maximum absolute atomic E-state index is 11.6. The topological polar surface area (TPSA) is 32.3 Å². The summed E-state index contributed by atoms with van der Waals surface area (Å²) in [7, 11) is 1.67. The highest BCUT2D eigenvalue weighted by Gasteiger charge is 2.21. The van der Waals surface area contributed by atoms with Crippen molar-refractivity contribution < 1.29 is 4.79 Å². The molecule has 0 unspecified atom stereocenters. The predicted molar refractivity (Wildman–Crippen MR) is 61.3 cm³/mol. The van der Waals surface area contributed by atoms with Crippen molar-refractivity contribution in [3.8, 4) is 0 Å². The molecule has 1 aliphatic heterocycles. The van der Waals surface area contributed by atoms with Gasteiger partial charge in [-0.25, -0.2) is 4.79 Å². The van der Waals surface area contributed by atoms with Crippen molar-refractivity contribution in [2.45, 2.75) is 19.8 Å². The second-order valence-electron chi connectivity index (χ2n) is 3.94. The van der Waals surface area contributed by atoms with Gasteiger partial charge in [-0.05, 0) is 31.4 Å². The van der Waals surface area contributed by atoms with Crippen LogP contribution in [-0.2, 0) is 6.42 Å². The molecule has 0 aromatic heterocycles. The lowest BCUT2D eigenvalue weighted by molar-refractivity contribution is 0.247. The SMILES string of the molecule is CNC(=O)N1CCCc2cc(C)ccc21. The number of carbonyl (C=O) groups is 1. The zero-order valence-corrected chi connectivity index (χ0v) is 9.21. The number of anilines is 1. The van der Waals surface area contributed by atoms with Gasteiger partial charge in [-0.1, -0.05) is 17.7 Å². The van der Waals surface area contributed by atoms with Gasteiger partial charge in [0.25, 0.3) is 0 Å². The molecule has 1 aromatic carbocycles. The smallest absolute Gasteiger partial charge is 0.321 e. The highest BCUT2D eigenvalue weighted by Crippen LogP contribution is 2.27. The van der Waals surface area contributed by atoms with Crippen LogP contribution in [0.3, 0.4) is 0 Å². The Balaban J connectivity index is 2.38. The van der Waals surface area contributed by atoms with Crippen LogP contribution in [0.15, 0.2) is 18.2 Å². The minimum Gasteiger partial charge on any atom is -0.341 e. The molecule has 1 aliphatic rings. The first kappa shape index (κ1) is 10.0. The van der Waals surface area contributed by atoms with Crippen molar-refractivity contribution in [2.24, 2.45) is 0 Å². The van der Waals surface area contributed by atoms with Crippen LogP contribution in [0, 0.1) is 6.92 Å². The molecule has 0 radical (unpaired) electrons. The van der Waals surface area contributed by atoms with Crippen molar-refractivity contribution in [1.82, 2.24) is 5.32 Å². The summed E-state index contributed by atoms with van der Waals surface area (Å²) in [6.45, 7) is 2.90. The molecular weight excluding hydrogens is 188 g/mol. The number of nitrogens with one attached hydrogen (secondary N) is 1. The molecule has 2 rings (SSSR count). The van der Waals surface area contributed by atoms with Crippen molar-refractivity contribution in [2.75, 3.05) is 18.5 Å². The lowest BCUT2D eigenvalue weighted by atomic mass is 10.00. The Kier molecular flexibility index (Phi) is 2.62. The molecule has 15 heavy (non-hydrogen) atoms. The van der Waals surface area contributed by atoms with Crippen LogP contribution in [0.5, 0.6) is 0 Å². The molecule has 0 aliphatic carbocycles. The van der Waals surface area contributed by atoms with Gasteiger partial charge in [0.2, 0.25) is 0 Å². The first-order chi connectivity index (χ1) is 7.22. The molecule has 3 nitrogen and oxygen atoms in total. The van der Waals surface area contributed by atoms with E-state index < -0.39 is 0 Å². The molecule has 80 valence electrons. The summed E-state index contributed by atoms with van der Waals surface area (Å²) in [5.74, 6) is 0. The zero-order valence-electron chi connectivity index (χ0n) is 9.21. The number of hydrogen-bond acceptors (Lipinski definition) is 1. The van der Waals surface area contributed by atoms with Crippen molar-refractivity contribution in [3.63, 3.8) is 0 Å². The van der Waals surface area contributed by atoms with Crippen LogP contribution in [0.2, 0.25) is 0 Å². The van der Waals surface area contributed by atoms with E-state index in [4.69, 9.17) is 0 Å². The van der Waals surface area contributed by atoms with Gasteiger partial charge in [0.15, 0.2) is 0 Å². The third-order valence-electron chi connectivity index (χ3n) is 2.81. The third-order valence-corrected chi connectivity index (χ3v) is 2.81. The molecule has 0 fully saturated rings. The van der Waals surface area contributed by atoms with E-state index in [9.17, 15) is 4.79 Å². The largest absolute Gasteiger partial charge is 0.341 e. The van der Waals surface area contributed by atoms with Crippen LogP contribution in [0.4, 0.5) is 10.5 Å². The summed E-state index contributed by atoms with van der Waals surface area (Å²) >= 11 is 0. The van der Waals surface area contributed by atoms with Gasteiger partial charge in [-0.2, -0.15) is 0 Å². The van der Waals surface area contributed by atoms with Gasteiger partial charge in [0, 0.05) is 19.3 Å². The minimum absolute atomic E-state index is 0.0141. The number of nitrogens with zero attached hydrogens (tertiary/aromatic N) is 1. The molecule has 2 amide bonds. The number of amides is 2. The van der Waals surface area contributed by atoms with Crippen LogP contribution >= 0.6 is 0 Å².